The molecule has 0 unspecified atom stereocenters. The Morgan fingerprint density at radius 3 is 2.33 bits per heavy atom. The number of carbonyl (C=O) groups excluding carboxylic acids is 1. The number of carbonyl (C=O) groups is 1. The first-order chi connectivity index (χ1) is 10.0. The van der Waals surface area contributed by atoms with Crippen LogP contribution in [0.1, 0.15) is 21.5 Å². The van der Waals surface area contributed by atoms with Crippen LogP contribution in [-0.2, 0) is 5.88 Å². The molecule has 110 valence electrons. The zero-order chi connectivity index (χ0) is 15.4. The maximum absolute atomic E-state index is 12.2. The predicted molar refractivity (Wildman–Crippen MR) is 89.5 cm³/mol. The second kappa shape index (κ2) is 6.64. The highest BCUT2D eigenvalue weighted by Gasteiger charge is 2.08. The molecule has 2 rings (SSSR count). The molecule has 3 nitrogen and oxygen atoms in total. The van der Waals surface area contributed by atoms with Crippen molar-refractivity contribution < 1.29 is 4.79 Å². The number of alkyl halides is 1. The quantitative estimate of drug-likeness (QED) is 0.864. The lowest BCUT2D eigenvalue weighted by atomic mass is 10.1. The predicted octanol–water partition coefficient (Wildman–Crippen LogP) is 4.05. The monoisotopic (exact) mass is 302 g/mol. The van der Waals surface area contributed by atoms with Gasteiger partial charge in [-0.05, 0) is 48.4 Å². The standard InChI is InChI=1S/C17H19ClN2O/c1-12-10-15(20(2)3)8-9-16(12)19-17(21)14-6-4-13(11-18)5-7-14/h4-10H,11H2,1-3H3,(H,19,21). The Kier molecular flexibility index (Phi) is 4.86. The van der Waals surface area contributed by atoms with E-state index in [1.54, 1.807) is 12.1 Å². The molecule has 0 heterocycles. The Balaban J connectivity index is 2.15. The lowest BCUT2D eigenvalue weighted by Gasteiger charge is -2.15. The molecule has 2 aromatic carbocycles. The molecular weight excluding hydrogens is 284 g/mol. The third-order valence-corrected chi connectivity index (χ3v) is 3.65. The van der Waals surface area contributed by atoms with Crippen molar-refractivity contribution in [3.8, 4) is 0 Å². The topological polar surface area (TPSA) is 32.3 Å². The number of halogens is 1. The van der Waals surface area contributed by atoms with E-state index in [2.05, 4.69) is 5.32 Å². The number of rotatable bonds is 4. The van der Waals surface area contributed by atoms with Gasteiger partial charge in [-0.2, -0.15) is 0 Å². The van der Waals surface area contributed by atoms with Gasteiger partial charge in [0.2, 0.25) is 0 Å². The number of nitrogens with one attached hydrogen (secondary N) is 1. The molecule has 0 spiro atoms. The molecule has 0 aliphatic rings. The van der Waals surface area contributed by atoms with E-state index in [0.29, 0.717) is 11.4 Å². The van der Waals surface area contributed by atoms with Gasteiger partial charge in [-0.3, -0.25) is 4.79 Å². The fraction of sp³-hybridized carbons (Fsp3) is 0.235. The number of nitrogens with zero attached hydrogens (tertiary/aromatic N) is 1. The summed E-state index contributed by atoms with van der Waals surface area (Å²) in [6.45, 7) is 1.99. The van der Waals surface area contributed by atoms with Crippen LogP contribution in [0, 0.1) is 6.92 Å². The third-order valence-electron chi connectivity index (χ3n) is 3.35. The summed E-state index contributed by atoms with van der Waals surface area (Å²) in [4.78, 5) is 14.3. The molecule has 0 fully saturated rings. The van der Waals surface area contributed by atoms with Gasteiger partial charge in [0.05, 0.1) is 0 Å². The fourth-order valence-corrected chi connectivity index (χ4v) is 2.18. The molecule has 2 aromatic rings. The average Bonchev–Trinajstić information content (AvgIpc) is 2.49. The molecule has 4 heteroatoms. The zero-order valence-electron chi connectivity index (χ0n) is 12.5. The van der Waals surface area contributed by atoms with Gasteiger partial charge >= 0.3 is 0 Å². The Bertz CT molecular complexity index is 636. The highest BCUT2D eigenvalue weighted by Crippen LogP contribution is 2.22. The number of aryl methyl sites for hydroxylation is 1. The zero-order valence-corrected chi connectivity index (χ0v) is 13.2. The molecule has 0 bridgehead atoms. The normalized spacial score (nSPS) is 10.3. The first-order valence-corrected chi connectivity index (χ1v) is 7.29. The van der Waals surface area contributed by atoms with Gasteiger partial charge in [0.1, 0.15) is 0 Å². The lowest BCUT2D eigenvalue weighted by Crippen LogP contribution is -2.14. The van der Waals surface area contributed by atoms with E-state index in [9.17, 15) is 4.79 Å². The summed E-state index contributed by atoms with van der Waals surface area (Å²) >= 11 is 5.75. The summed E-state index contributed by atoms with van der Waals surface area (Å²) < 4.78 is 0. The van der Waals surface area contributed by atoms with Gasteiger partial charge in [-0.25, -0.2) is 0 Å². The van der Waals surface area contributed by atoms with Crippen LogP contribution < -0.4 is 10.2 Å². The minimum absolute atomic E-state index is 0.114. The smallest absolute Gasteiger partial charge is 0.255 e. The van der Waals surface area contributed by atoms with E-state index in [-0.39, 0.29) is 5.91 Å². The summed E-state index contributed by atoms with van der Waals surface area (Å²) in [5.41, 5.74) is 4.59. The van der Waals surface area contributed by atoms with Crippen LogP contribution in [0.15, 0.2) is 42.5 Å². The average molecular weight is 303 g/mol. The summed E-state index contributed by atoms with van der Waals surface area (Å²) in [6, 6.07) is 13.3. The highest BCUT2D eigenvalue weighted by molar-refractivity contribution is 6.17. The summed E-state index contributed by atoms with van der Waals surface area (Å²) in [7, 11) is 3.98. The molecule has 0 aliphatic carbocycles. The molecule has 0 saturated heterocycles. The van der Waals surface area contributed by atoms with Gasteiger partial charge in [0.25, 0.3) is 5.91 Å². The Hall–Kier alpha value is -2.00. The number of anilines is 2. The molecule has 21 heavy (non-hydrogen) atoms. The lowest BCUT2D eigenvalue weighted by molar-refractivity contribution is 0.102. The van der Waals surface area contributed by atoms with Crippen molar-refractivity contribution in [2.45, 2.75) is 12.8 Å². The number of hydrogen-bond acceptors (Lipinski definition) is 2. The van der Waals surface area contributed by atoms with E-state index in [0.717, 1.165) is 22.5 Å². The molecule has 0 aliphatic heterocycles. The van der Waals surface area contributed by atoms with Gasteiger partial charge < -0.3 is 10.2 Å². The fourth-order valence-electron chi connectivity index (χ4n) is 2.01. The first kappa shape index (κ1) is 15.4. The largest absolute Gasteiger partial charge is 0.378 e. The molecule has 0 saturated carbocycles. The van der Waals surface area contributed by atoms with Crippen molar-refractivity contribution >= 4 is 28.9 Å². The van der Waals surface area contributed by atoms with Crippen LogP contribution in [0.3, 0.4) is 0 Å². The summed E-state index contributed by atoms with van der Waals surface area (Å²) in [5.74, 6) is 0.337. The van der Waals surface area contributed by atoms with Crippen LogP contribution in [0.4, 0.5) is 11.4 Å². The van der Waals surface area contributed by atoms with Crippen molar-refractivity contribution in [3.05, 3.63) is 59.2 Å². The second-order valence-electron chi connectivity index (χ2n) is 5.18. The molecule has 1 amide bonds. The Morgan fingerprint density at radius 2 is 1.81 bits per heavy atom. The van der Waals surface area contributed by atoms with Crippen LogP contribution in [0.25, 0.3) is 0 Å². The molecule has 1 N–H and O–H groups in total. The maximum atomic E-state index is 12.2. The van der Waals surface area contributed by atoms with Gasteiger partial charge in [0, 0.05) is 36.9 Å². The molecule has 0 aromatic heterocycles. The minimum atomic E-state index is -0.114. The van der Waals surface area contributed by atoms with Crippen molar-refractivity contribution in [1.82, 2.24) is 0 Å². The first-order valence-electron chi connectivity index (χ1n) is 6.75. The van der Waals surface area contributed by atoms with E-state index in [1.807, 2.05) is 56.3 Å². The Morgan fingerprint density at radius 1 is 1.14 bits per heavy atom. The SMILES string of the molecule is Cc1cc(N(C)C)ccc1NC(=O)c1ccc(CCl)cc1. The molecule has 0 radical (unpaired) electrons. The maximum Gasteiger partial charge on any atom is 0.255 e. The number of amides is 1. The Labute approximate surface area is 130 Å². The van der Waals surface area contributed by atoms with Gasteiger partial charge in [-0.15, -0.1) is 11.6 Å². The van der Waals surface area contributed by atoms with Crippen molar-refractivity contribution in [2.75, 3.05) is 24.3 Å². The van der Waals surface area contributed by atoms with Crippen molar-refractivity contribution in [2.24, 2.45) is 0 Å². The van der Waals surface area contributed by atoms with Crippen LogP contribution >= 0.6 is 11.6 Å². The summed E-state index contributed by atoms with van der Waals surface area (Å²) in [5, 5.41) is 2.94. The van der Waals surface area contributed by atoms with Gasteiger partial charge in [0.15, 0.2) is 0 Å². The number of benzene rings is 2. The highest BCUT2D eigenvalue weighted by atomic mass is 35.5. The van der Waals surface area contributed by atoms with E-state index in [4.69, 9.17) is 11.6 Å². The number of hydrogen-bond donors (Lipinski definition) is 1. The van der Waals surface area contributed by atoms with Crippen LogP contribution in [0.2, 0.25) is 0 Å². The molecular formula is C17H19ClN2O. The van der Waals surface area contributed by atoms with Crippen molar-refractivity contribution in [1.29, 1.82) is 0 Å². The second-order valence-corrected chi connectivity index (χ2v) is 5.45. The summed E-state index contributed by atoms with van der Waals surface area (Å²) in [6.07, 6.45) is 0. The van der Waals surface area contributed by atoms with Crippen LogP contribution in [-0.4, -0.2) is 20.0 Å². The minimum Gasteiger partial charge on any atom is -0.378 e. The third kappa shape index (κ3) is 3.76. The van der Waals surface area contributed by atoms with Gasteiger partial charge in [-0.1, -0.05) is 12.1 Å². The molecule has 0 atom stereocenters. The van der Waals surface area contributed by atoms with E-state index >= 15 is 0 Å². The van der Waals surface area contributed by atoms with E-state index in [1.165, 1.54) is 0 Å². The van der Waals surface area contributed by atoms with E-state index < -0.39 is 0 Å². The van der Waals surface area contributed by atoms with Crippen LogP contribution in [0.5, 0.6) is 0 Å². The van der Waals surface area contributed by atoms with Crippen molar-refractivity contribution in [3.63, 3.8) is 0 Å².